The molecule has 1 heterocycles. The standard InChI is InChI=1S/C14H25N3O/c1-3-12-7-8-13(16-11-12)10-14(17-15)6-5-9-18-4-2/h7-8,11,14,17H,3-6,9-10,15H2,1-2H3. The summed E-state index contributed by atoms with van der Waals surface area (Å²) in [5, 5.41) is 0. The van der Waals surface area contributed by atoms with E-state index in [-0.39, 0.29) is 6.04 Å². The number of nitrogens with one attached hydrogen (secondary N) is 1. The SMILES string of the molecule is CCOCCCC(Cc1ccc(CC)cn1)NN. The number of nitrogens with two attached hydrogens (primary N) is 1. The number of pyridine rings is 1. The molecule has 0 aliphatic heterocycles. The molecule has 102 valence electrons. The molecule has 1 aromatic heterocycles. The molecule has 0 aromatic carbocycles. The Morgan fingerprint density at radius 3 is 2.78 bits per heavy atom. The quantitative estimate of drug-likeness (QED) is 0.399. The largest absolute Gasteiger partial charge is 0.382 e. The highest BCUT2D eigenvalue weighted by atomic mass is 16.5. The summed E-state index contributed by atoms with van der Waals surface area (Å²) in [6.45, 7) is 5.73. The number of hydrogen-bond donors (Lipinski definition) is 2. The molecule has 0 bridgehead atoms. The van der Waals surface area contributed by atoms with Crippen molar-refractivity contribution in [2.24, 2.45) is 5.84 Å². The van der Waals surface area contributed by atoms with Gasteiger partial charge in [0, 0.05) is 37.6 Å². The fourth-order valence-corrected chi connectivity index (χ4v) is 1.86. The van der Waals surface area contributed by atoms with E-state index in [1.807, 2.05) is 13.1 Å². The molecule has 4 heteroatoms. The van der Waals surface area contributed by atoms with E-state index in [4.69, 9.17) is 10.6 Å². The molecule has 1 atom stereocenters. The third kappa shape index (κ3) is 5.58. The second kappa shape index (κ2) is 9.03. The summed E-state index contributed by atoms with van der Waals surface area (Å²) in [4.78, 5) is 4.45. The topological polar surface area (TPSA) is 60.2 Å². The van der Waals surface area contributed by atoms with Gasteiger partial charge in [0.15, 0.2) is 0 Å². The minimum Gasteiger partial charge on any atom is -0.382 e. The van der Waals surface area contributed by atoms with E-state index in [2.05, 4.69) is 29.5 Å². The van der Waals surface area contributed by atoms with Crippen LogP contribution in [-0.2, 0) is 17.6 Å². The summed E-state index contributed by atoms with van der Waals surface area (Å²) in [7, 11) is 0. The van der Waals surface area contributed by atoms with Gasteiger partial charge in [-0.05, 0) is 37.8 Å². The Balaban J connectivity index is 2.36. The van der Waals surface area contributed by atoms with Crippen molar-refractivity contribution in [1.29, 1.82) is 0 Å². The van der Waals surface area contributed by atoms with E-state index in [1.54, 1.807) is 0 Å². The third-order valence-electron chi connectivity index (χ3n) is 3.03. The Labute approximate surface area is 110 Å². The first-order chi connectivity index (χ1) is 8.80. The van der Waals surface area contributed by atoms with Gasteiger partial charge in [0.25, 0.3) is 0 Å². The lowest BCUT2D eigenvalue weighted by Crippen LogP contribution is -2.37. The predicted octanol–water partition coefficient (Wildman–Crippen LogP) is 1.84. The Bertz CT molecular complexity index is 313. The van der Waals surface area contributed by atoms with Crippen LogP contribution in [0.5, 0.6) is 0 Å². The summed E-state index contributed by atoms with van der Waals surface area (Å²) in [5.41, 5.74) is 5.22. The van der Waals surface area contributed by atoms with Crippen LogP contribution >= 0.6 is 0 Å². The Morgan fingerprint density at radius 2 is 2.22 bits per heavy atom. The van der Waals surface area contributed by atoms with Crippen LogP contribution in [0.2, 0.25) is 0 Å². The summed E-state index contributed by atoms with van der Waals surface area (Å²) >= 11 is 0. The van der Waals surface area contributed by atoms with E-state index in [9.17, 15) is 0 Å². The lowest BCUT2D eigenvalue weighted by molar-refractivity contribution is 0.140. The molecule has 1 rings (SSSR count). The van der Waals surface area contributed by atoms with Crippen LogP contribution in [0, 0.1) is 0 Å². The van der Waals surface area contributed by atoms with Crippen LogP contribution in [-0.4, -0.2) is 24.2 Å². The van der Waals surface area contributed by atoms with Gasteiger partial charge < -0.3 is 4.74 Å². The molecule has 1 aromatic rings. The van der Waals surface area contributed by atoms with Crippen LogP contribution < -0.4 is 11.3 Å². The van der Waals surface area contributed by atoms with Gasteiger partial charge in [-0.3, -0.25) is 16.3 Å². The van der Waals surface area contributed by atoms with Gasteiger partial charge in [0.1, 0.15) is 0 Å². The van der Waals surface area contributed by atoms with Crippen molar-refractivity contribution in [3.8, 4) is 0 Å². The predicted molar refractivity (Wildman–Crippen MR) is 74.2 cm³/mol. The highest BCUT2D eigenvalue weighted by Gasteiger charge is 2.08. The summed E-state index contributed by atoms with van der Waals surface area (Å²) < 4.78 is 5.32. The number of rotatable bonds is 9. The fourth-order valence-electron chi connectivity index (χ4n) is 1.86. The zero-order valence-corrected chi connectivity index (χ0v) is 11.5. The van der Waals surface area contributed by atoms with E-state index in [0.29, 0.717) is 0 Å². The van der Waals surface area contributed by atoms with E-state index in [0.717, 1.165) is 44.6 Å². The van der Waals surface area contributed by atoms with Gasteiger partial charge in [0.2, 0.25) is 0 Å². The van der Waals surface area contributed by atoms with Crippen molar-refractivity contribution in [3.63, 3.8) is 0 Å². The molecule has 0 aliphatic rings. The van der Waals surface area contributed by atoms with Crippen molar-refractivity contribution in [2.75, 3.05) is 13.2 Å². The minimum atomic E-state index is 0.269. The minimum absolute atomic E-state index is 0.269. The molecule has 0 saturated carbocycles. The van der Waals surface area contributed by atoms with E-state index < -0.39 is 0 Å². The number of aryl methyl sites for hydroxylation is 1. The zero-order chi connectivity index (χ0) is 13.2. The number of hydrogen-bond acceptors (Lipinski definition) is 4. The normalized spacial score (nSPS) is 12.6. The van der Waals surface area contributed by atoms with Gasteiger partial charge in [-0.1, -0.05) is 13.0 Å². The molecule has 4 nitrogen and oxygen atoms in total. The molecule has 0 spiro atoms. The van der Waals surface area contributed by atoms with Crippen molar-refractivity contribution in [1.82, 2.24) is 10.4 Å². The van der Waals surface area contributed by atoms with Gasteiger partial charge in [-0.15, -0.1) is 0 Å². The average molecular weight is 251 g/mol. The maximum atomic E-state index is 5.57. The van der Waals surface area contributed by atoms with Gasteiger partial charge in [-0.2, -0.15) is 0 Å². The fraction of sp³-hybridized carbons (Fsp3) is 0.643. The molecule has 0 saturated heterocycles. The average Bonchev–Trinajstić information content (AvgIpc) is 2.43. The highest BCUT2D eigenvalue weighted by Crippen LogP contribution is 2.07. The summed E-state index contributed by atoms with van der Waals surface area (Å²) in [6, 6.07) is 4.49. The highest BCUT2D eigenvalue weighted by molar-refractivity contribution is 5.14. The first-order valence-corrected chi connectivity index (χ1v) is 6.77. The second-order valence-electron chi connectivity index (χ2n) is 4.42. The second-order valence-corrected chi connectivity index (χ2v) is 4.42. The van der Waals surface area contributed by atoms with Crippen LogP contribution in [0.4, 0.5) is 0 Å². The Kier molecular flexibility index (Phi) is 7.57. The van der Waals surface area contributed by atoms with Crippen molar-refractivity contribution in [3.05, 3.63) is 29.6 Å². The molecule has 1 unspecified atom stereocenters. The van der Waals surface area contributed by atoms with Crippen LogP contribution in [0.25, 0.3) is 0 Å². The third-order valence-corrected chi connectivity index (χ3v) is 3.03. The molecule has 0 amide bonds. The van der Waals surface area contributed by atoms with Crippen molar-refractivity contribution < 1.29 is 4.74 Å². The van der Waals surface area contributed by atoms with Crippen LogP contribution in [0.3, 0.4) is 0 Å². The van der Waals surface area contributed by atoms with Crippen LogP contribution in [0.15, 0.2) is 18.3 Å². The monoisotopic (exact) mass is 251 g/mol. The van der Waals surface area contributed by atoms with Crippen LogP contribution in [0.1, 0.15) is 37.9 Å². The number of nitrogens with zero attached hydrogens (tertiary/aromatic N) is 1. The van der Waals surface area contributed by atoms with Gasteiger partial charge >= 0.3 is 0 Å². The molecule has 0 aliphatic carbocycles. The van der Waals surface area contributed by atoms with Gasteiger partial charge in [0.05, 0.1) is 0 Å². The number of hydrazine groups is 1. The lowest BCUT2D eigenvalue weighted by atomic mass is 10.1. The molecule has 18 heavy (non-hydrogen) atoms. The molecule has 0 radical (unpaired) electrons. The maximum absolute atomic E-state index is 5.57. The lowest BCUT2D eigenvalue weighted by Gasteiger charge is -2.15. The van der Waals surface area contributed by atoms with Crippen molar-refractivity contribution in [2.45, 2.75) is 45.6 Å². The first-order valence-electron chi connectivity index (χ1n) is 6.77. The summed E-state index contributed by atoms with van der Waals surface area (Å²) in [5.74, 6) is 5.57. The van der Waals surface area contributed by atoms with Crippen molar-refractivity contribution >= 4 is 0 Å². The van der Waals surface area contributed by atoms with E-state index >= 15 is 0 Å². The van der Waals surface area contributed by atoms with E-state index in [1.165, 1.54) is 5.56 Å². The molecule has 3 N–H and O–H groups in total. The molecular formula is C14H25N3O. The Morgan fingerprint density at radius 1 is 1.39 bits per heavy atom. The first kappa shape index (κ1) is 15.1. The number of ether oxygens (including phenoxy) is 1. The maximum Gasteiger partial charge on any atom is 0.0466 e. The van der Waals surface area contributed by atoms with Gasteiger partial charge in [-0.25, -0.2) is 0 Å². The molecular weight excluding hydrogens is 226 g/mol. The zero-order valence-electron chi connectivity index (χ0n) is 11.5. The molecule has 0 fully saturated rings. The smallest absolute Gasteiger partial charge is 0.0466 e. The Hall–Kier alpha value is -0.970. The summed E-state index contributed by atoms with van der Waals surface area (Å²) in [6.07, 6.45) is 5.87. The number of aromatic nitrogens is 1.